The number of allylic oxidation sites excluding steroid dienone is 2. The second-order valence-corrected chi connectivity index (χ2v) is 7.19. The molecule has 29 heavy (non-hydrogen) atoms. The summed E-state index contributed by atoms with van der Waals surface area (Å²) in [6, 6.07) is 18.5. The molecule has 0 saturated heterocycles. The van der Waals surface area contributed by atoms with E-state index >= 15 is 0 Å². The molecule has 2 aromatic rings. The van der Waals surface area contributed by atoms with Crippen LogP contribution in [-0.2, 0) is 9.59 Å². The molecule has 5 heteroatoms. The molecule has 0 radical (unpaired) electrons. The molecule has 0 heterocycles. The highest BCUT2D eigenvalue weighted by atomic mass is 16.6. The maximum Gasteiger partial charge on any atom is 0.208 e. The summed E-state index contributed by atoms with van der Waals surface area (Å²) in [6.45, 7) is 3.16. The Kier molecular flexibility index (Phi) is 8.22. The molecule has 0 aliphatic rings. The number of carbonyl (C=O) groups is 2. The van der Waals surface area contributed by atoms with Crippen LogP contribution >= 0.6 is 0 Å². The summed E-state index contributed by atoms with van der Waals surface area (Å²) in [6.07, 6.45) is 5.97. The molecule has 0 bridgehead atoms. The molecule has 2 aromatic carbocycles. The number of rotatable bonds is 10. The van der Waals surface area contributed by atoms with Gasteiger partial charge >= 0.3 is 0 Å². The largest absolute Gasteiger partial charge is 0.294 e. The predicted octanol–water partition coefficient (Wildman–Crippen LogP) is 4.72. The van der Waals surface area contributed by atoms with Crippen molar-refractivity contribution in [2.24, 2.45) is 17.8 Å². The predicted molar refractivity (Wildman–Crippen MR) is 115 cm³/mol. The van der Waals surface area contributed by atoms with Crippen molar-refractivity contribution in [3.8, 4) is 0 Å². The Balaban J connectivity index is 2.31. The van der Waals surface area contributed by atoms with E-state index in [-0.39, 0.29) is 5.92 Å². The first-order valence-corrected chi connectivity index (χ1v) is 9.54. The first-order chi connectivity index (χ1) is 13.9. The van der Waals surface area contributed by atoms with Gasteiger partial charge in [-0.2, -0.15) is 0 Å². The van der Waals surface area contributed by atoms with Gasteiger partial charge in [-0.1, -0.05) is 86.7 Å². The van der Waals surface area contributed by atoms with Crippen LogP contribution in [0.2, 0.25) is 0 Å². The Morgan fingerprint density at radius 2 is 1.28 bits per heavy atom. The average Bonchev–Trinajstić information content (AvgIpc) is 2.71. The van der Waals surface area contributed by atoms with E-state index in [9.17, 15) is 19.7 Å². The third-order valence-corrected chi connectivity index (χ3v) is 4.74. The van der Waals surface area contributed by atoms with E-state index in [0.717, 1.165) is 11.1 Å². The van der Waals surface area contributed by atoms with Crippen LogP contribution in [0.1, 0.15) is 25.0 Å². The van der Waals surface area contributed by atoms with Crippen molar-refractivity contribution in [3.05, 3.63) is 94.1 Å². The molecule has 5 nitrogen and oxygen atoms in total. The Morgan fingerprint density at radius 1 is 0.862 bits per heavy atom. The fourth-order valence-corrected chi connectivity index (χ4v) is 3.13. The number of hydrogen-bond donors (Lipinski definition) is 0. The topological polar surface area (TPSA) is 77.3 Å². The van der Waals surface area contributed by atoms with E-state index in [0.29, 0.717) is 0 Å². The second-order valence-electron chi connectivity index (χ2n) is 7.19. The first-order valence-electron chi connectivity index (χ1n) is 9.54. The average molecular weight is 391 g/mol. The van der Waals surface area contributed by atoms with Crippen molar-refractivity contribution < 1.29 is 14.5 Å². The van der Waals surface area contributed by atoms with Gasteiger partial charge in [-0.05, 0) is 29.2 Å². The van der Waals surface area contributed by atoms with Crippen LogP contribution in [0.3, 0.4) is 0 Å². The van der Waals surface area contributed by atoms with Crippen LogP contribution in [0.25, 0.3) is 12.2 Å². The third kappa shape index (κ3) is 6.96. The fraction of sp³-hybridized carbons (Fsp3) is 0.250. The van der Waals surface area contributed by atoms with Crippen molar-refractivity contribution in [1.29, 1.82) is 0 Å². The normalized spacial score (nSPS) is 12.7. The highest BCUT2D eigenvalue weighted by Gasteiger charge is 2.37. The van der Waals surface area contributed by atoms with Gasteiger partial charge in [0.2, 0.25) is 6.54 Å². The minimum atomic E-state index is -1.10. The molecule has 0 fully saturated rings. The van der Waals surface area contributed by atoms with Crippen molar-refractivity contribution >= 4 is 23.7 Å². The van der Waals surface area contributed by atoms with Crippen molar-refractivity contribution in [2.75, 3.05) is 6.54 Å². The van der Waals surface area contributed by atoms with Crippen LogP contribution in [0.15, 0.2) is 72.8 Å². The minimum absolute atomic E-state index is 0.200. The Bertz CT molecular complexity index is 824. The van der Waals surface area contributed by atoms with E-state index in [1.165, 1.54) is 12.2 Å². The van der Waals surface area contributed by atoms with Gasteiger partial charge in [-0.3, -0.25) is 19.7 Å². The van der Waals surface area contributed by atoms with Crippen molar-refractivity contribution in [3.63, 3.8) is 0 Å². The molecule has 1 atom stereocenters. The number of hydrogen-bond acceptors (Lipinski definition) is 4. The molecule has 0 saturated carbocycles. The van der Waals surface area contributed by atoms with Gasteiger partial charge in [0, 0.05) is 10.8 Å². The minimum Gasteiger partial charge on any atom is -0.294 e. The van der Waals surface area contributed by atoms with Gasteiger partial charge in [0.05, 0.1) is 5.92 Å². The molecule has 0 aliphatic heterocycles. The van der Waals surface area contributed by atoms with Gasteiger partial charge in [0.15, 0.2) is 11.6 Å². The summed E-state index contributed by atoms with van der Waals surface area (Å²) in [5.74, 6) is -2.83. The number of ketones is 2. The van der Waals surface area contributed by atoms with E-state index in [1.807, 2.05) is 60.7 Å². The van der Waals surface area contributed by atoms with Crippen LogP contribution in [0.4, 0.5) is 0 Å². The monoisotopic (exact) mass is 391 g/mol. The molecule has 0 aromatic heterocycles. The maximum absolute atomic E-state index is 12.9. The van der Waals surface area contributed by atoms with Crippen LogP contribution in [0.5, 0.6) is 0 Å². The molecule has 0 aliphatic carbocycles. The zero-order valence-electron chi connectivity index (χ0n) is 16.6. The summed E-state index contributed by atoms with van der Waals surface area (Å²) in [5, 5.41) is 11.2. The third-order valence-electron chi connectivity index (χ3n) is 4.74. The smallest absolute Gasteiger partial charge is 0.208 e. The van der Waals surface area contributed by atoms with Crippen LogP contribution in [-0.4, -0.2) is 23.0 Å². The SMILES string of the molecule is CC(C)[C@@H](C[N+](=O)[O-])C(C(=O)/C=C/c1ccccc1)C(=O)/C=C/c1ccccc1. The molecule has 0 spiro atoms. The number of nitro groups is 1. The number of nitrogens with zero attached hydrogens (tertiary/aromatic N) is 1. The summed E-state index contributed by atoms with van der Waals surface area (Å²) < 4.78 is 0. The van der Waals surface area contributed by atoms with Gasteiger partial charge in [-0.25, -0.2) is 0 Å². The quantitative estimate of drug-likeness (QED) is 0.254. The molecule has 150 valence electrons. The molecular formula is C24H25NO4. The summed E-state index contributed by atoms with van der Waals surface area (Å²) in [7, 11) is 0. The summed E-state index contributed by atoms with van der Waals surface area (Å²) >= 11 is 0. The van der Waals surface area contributed by atoms with Gasteiger partial charge < -0.3 is 0 Å². The van der Waals surface area contributed by atoms with Gasteiger partial charge in [-0.15, -0.1) is 0 Å². The van der Waals surface area contributed by atoms with Crippen LogP contribution < -0.4 is 0 Å². The highest BCUT2D eigenvalue weighted by molar-refractivity contribution is 6.13. The van der Waals surface area contributed by atoms with Crippen LogP contribution in [0, 0.1) is 27.9 Å². The fourth-order valence-electron chi connectivity index (χ4n) is 3.13. The maximum atomic E-state index is 12.9. The molecule has 0 amide bonds. The number of carbonyl (C=O) groups excluding carboxylic acids is 2. The lowest BCUT2D eigenvalue weighted by Crippen LogP contribution is -2.37. The summed E-state index contributed by atoms with van der Waals surface area (Å²) in [4.78, 5) is 36.6. The zero-order valence-corrected chi connectivity index (χ0v) is 16.6. The first kappa shape index (κ1) is 22.0. The van der Waals surface area contributed by atoms with Gasteiger partial charge in [0.1, 0.15) is 0 Å². The van der Waals surface area contributed by atoms with Crippen molar-refractivity contribution in [2.45, 2.75) is 13.8 Å². The Labute approximate surface area is 170 Å². The Hall–Kier alpha value is -3.34. The van der Waals surface area contributed by atoms with Crippen molar-refractivity contribution in [1.82, 2.24) is 0 Å². The zero-order chi connectivity index (χ0) is 21.2. The standard InChI is InChI=1S/C24H25NO4/c1-18(2)21(17-25(28)29)24(22(26)15-13-19-9-5-3-6-10-19)23(27)16-14-20-11-7-4-8-12-20/h3-16,18,21,24H,17H2,1-2H3/b15-13+,16-14+/t21-/m1/s1. The molecule has 0 unspecified atom stereocenters. The molecule has 2 rings (SSSR count). The second kappa shape index (κ2) is 10.9. The lowest BCUT2D eigenvalue weighted by molar-refractivity contribution is -0.490. The Morgan fingerprint density at radius 3 is 1.62 bits per heavy atom. The van der Waals surface area contributed by atoms with E-state index in [4.69, 9.17) is 0 Å². The summed E-state index contributed by atoms with van der Waals surface area (Å²) in [5.41, 5.74) is 1.64. The van der Waals surface area contributed by atoms with Gasteiger partial charge in [0.25, 0.3) is 0 Å². The van der Waals surface area contributed by atoms with E-state index in [1.54, 1.807) is 26.0 Å². The number of benzene rings is 2. The molecule has 0 N–H and O–H groups in total. The lowest BCUT2D eigenvalue weighted by atomic mass is 9.78. The van der Waals surface area contributed by atoms with E-state index < -0.39 is 34.9 Å². The molecular weight excluding hydrogens is 366 g/mol. The van der Waals surface area contributed by atoms with E-state index in [2.05, 4.69) is 0 Å². The highest BCUT2D eigenvalue weighted by Crippen LogP contribution is 2.25. The lowest BCUT2D eigenvalue weighted by Gasteiger charge is -2.23.